The van der Waals surface area contributed by atoms with E-state index in [1.54, 1.807) is 12.0 Å². The van der Waals surface area contributed by atoms with Gasteiger partial charge >= 0.3 is 6.09 Å². The molecule has 1 amide bonds. The van der Waals surface area contributed by atoms with E-state index in [-0.39, 0.29) is 6.09 Å². The van der Waals surface area contributed by atoms with Gasteiger partial charge in [0.2, 0.25) is 0 Å². The summed E-state index contributed by atoms with van der Waals surface area (Å²) in [6.45, 7) is 14.6. The Kier molecular flexibility index (Phi) is 13.7. The number of amides is 1. The van der Waals surface area contributed by atoms with Gasteiger partial charge in [0, 0.05) is 46.4 Å². The maximum Gasteiger partial charge on any atom is 0.410 e. The monoisotopic (exact) mass is 374 g/mol. The van der Waals surface area contributed by atoms with Crippen LogP contribution in [0.15, 0.2) is 4.99 Å². The fourth-order valence-electron chi connectivity index (χ4n) is 1.96. The Labute approximate surface area is 158 Å². The number of ether oxygens (including phenoxy) is 3. The number of nitrogens with one attached hydrogen (secondary N) is 2. The third-order valence-corrected chi connectivity index (χ3v) is 3.20. The van der Waals surface area contributed by atoms with Crippen LogP contribution >= 0.6 is 0 Å². The molecule has 0 aromatic carbocycles. The van der Waals surface area contributed by atoms with Gasteiger partial charge in [0.1, 0.15) is 5.60 Å². The summed E-state index contributed by atoms with van der Waals surface area (Å²) in [4.78, 5) is 18.3. The van der Waals surface area contributed by atoms with Crippen molar-refractivity contribution in [3.63, 3.8) is 0 Å². The van der Waals surface area contributed by atoms with Gasteiger partial charge in [-0.2, -0.15) is 0 Å². The largest absolute Gasteiger partial charge is 0.444 e. The molecule has 154 valence electrons. The molecule has 0 unspecified atom stereocenters. The zero-order chi connectivity index (χ0) is 19.8. The van der Waals surface area contributed by atoms with E-state index in [0.29, 0.717) is 46.0 Å². The fraction of sp³-hybridized carbons (Fsp3) is 0.889. The molecule has 0 saturated heterocycles. The lowest BCUT2D eigenvalue weighted by Gasteiger charge is -2.26. The molecule has 26 heavy (non-hydrogen) atoms. The molecule has 0 radical (unpaired) electrons. The molecule has 0 heterocycles. The van der Waals surface area contributed by atoms with Gasteiger partial charge in [-0.05, 0) is 41.0 Å². The third-order valence-electron chi connectivity index (χ3n) is 3.20. The molecule has 2 N–H and O–H groups in total. The number of likely N-dealkylation sites (N-methyl/N-ethyl adjacent to an activating group) is 1. The van der Waals surface area contributed by atoms with Crippen molar-refractivity contribution in [2.45, 2.75) is 46.6 Å². The number of hydrogen-bond donors (Lipinski definition) is 2. The zero-order valence-corrected chi connectivity index (χ0v) is 17.4. The van der Waals surface area contributed by atoms with Crippen LogP contribution in [0, 0.1) is 0 Å². The molecule has 0 aliphatic rings. The van der Waals surface area contributed by atoms with Crippen LogP contribution < -0.4 is 10.6 Å². The Morgan fingerprint density at radius 1 is 1.12 bits per heavy atom. The summed E-state index contributed by atoms with van der Waals surface area (Å²) in [6.07, 6.45) is 0.552. The fourth-order valence-corrected chi connectivity index (χ4v) is 1.96. The molecule has 0 aliphatic carbocycles. The van der Waals surface area contributed by atoms with E-state index in [0.717, 1.165) is 18.9 Å². The van der Waals surface area contributed by atoms with Crippen molar-refractivity contribution in [2.75, 3.05) is 59.7 Å². The summed E-state index contributed by atoms with van der Waals surface area (Å²) in [5.41, 5.74) is -0.486. The van der Waals surface area contributed by atoms with Crippen molar-refractivity contribution in [3.05, 3.63) is 0 Å². The summed E-state index contributed by atoms with van der Waals surface area (Å²) in [7, 11) is 1.66. The second-order valence-electron chi connectivity index (χ2n) is 6.71. The lowest BCUT2D eigenvalue weighted by molar-refractivity contribution is 0.0264. The summed E-state index contributed by atoms with van der Waals surface area (Å²) in [5.74, 6) is 0.740. The highest BCUT2D eigenvalue weighted by atomic mass is 16.6. The summed E-state index contributed by atoms with van der Waals surface area (Å²) in [5, 5.41) is 6.44. The standard InChI is InChI=1S/C18H38N4O4/c1-7-19-16(20-10-9-13-25-15-14-24-6)21-11-12-22(8-2)17(23)26-18(3,4)5/h7-15H2,1-6H3,(H2,19,20,21). The number of rotatable bonds is 12. The van der Waals surface area contributed by atoms with Crippen molar-refractivity contribution in [2.24, 2.45) is 4.99 Å². The predicted octanol–water partition coefficient (Wildman–Crippen LogP) is 1.85. The molecule has 8 heteroatoms. The van der Waals surface area contributed by atoms with E-state index in [4.69, 9.17) is 14.2 Å². The minimum Gasteiger partial charge on any atom is -0.444 e. The number of aliphatic imine (C=N–C) groups is 1. The van der Waals surface area contributed by atoms with E-state index < -0.39 is 5.60 Å². The number of carbonyl (C=O) groups is 1. The van der Waals surface area contributed by atoms with Crippen molar-refractivity contribution in [3.8, 4) is 0 Å². The van der Waals surface area contributed by atoms with Gasteiger partial charge in [-0.1, -0.05) is 0 Å². The van der Waals surface area contributed by atoms with E-state index in [9.17, 15) is 4.79 Å². The highest BCUT2D eigenvalue weighted by molar-refractivity contribution is 5.79. The van der Waals surface area contributed by atoms with Crippen LogP contribution in [0.2, 0.25) is 0 Å². The topological polar surface area (TPSA) is 84.4 Å². The minimum atomic E-state index is -0.486. The minimum absolute atomic E-state index is 0.294. The Hall–Kier alpha value is -1.54. The molecule has 0 aromatic heterocycles. The molecule has 0 bridgehead atoms. The molecule has 0 atom stereocenters. The van der Waals surface area contributed by atoms with Crippen LogP contribution in [-0.4, -0.2) is 82.2 Å². The molecular weight excluding hydrogens is 336 g/mol. The van der Waals surface area contributed by atoms with Gasteiger partial charge in [-0.15, -0.1) is 0 Å². The molecule has 0 rings (SSSR count). The Bertz CT molecular complexity index is 397. The molecular formula is C18H38N4O4. The average molecular weight is 375 g/mol. The first-order chi connectivity index (χ1) is 12.3. The van der Waals surface area contributed by atoms with Crippen LogP contribution in [0.5, 0.6) is 0 Å². The summed E-state index contributed by atoms with van der Waals surface area (Å²) < 4.78 is 15.7. The Morgan fingerprint density at radius 2 is 1.85 bits per heavy atom. The molecule has 0 aliphatic heterocycles. The zero-order valence-electron chi connectivity index (χ0n) is 17.4. The maximum absolute atomic E-state index is 12.1. The highest BCUT2D eigenvalue weighted by Crippen LogP contribution is 2.09. The van der Waals surface area contributed by atoms with Gasteiger partial charge in [0.15, 0.2) is 5.96 Å². The van der Waals surface area contributed by atoms with Gasteiger partial charge in [0.05, 0.1) is 13.2 Å². The molecule has 0 aromatic rings. The SMILES string of the molecule is CCNC(=NCCCOCCOC)NCCN(CC)C(=O)OC(C)(C)C. The maximum atomic E-state index is 12.1. The van der Waals surface area contributed by atoms with Gasteiger partial charge < -0.3 is 29.7 Å². The quantitative estimate of drug-likeness (QED) is 0.308. The van der Waals surface area contributed by atoms with Gasteiger partial charge in [0.25, 0.3) is 0 Å². The van der Waals surface area contributed by atoms with Crippen molar-refractivity contribution >= 4 is 12.1 Å². The normalized spacial score (nSPS) is 12.0. The van der Waals surface area contributed by atoms with E-state index in [1.165, 1.54) is 0 Å². The lowest BCUT2D eigenvalue weighted by Crippen LogP contribution is -2.44. The number of hydrogen-bond acceptors (Lipinski definition) is 5. The first kappa shape index (κ1) is 24.5. The average Bonchev–Trinajstić information content (AvgIpc) is 2.56. The van der Waals surface area contributed by atoms with E-state index in [1.807, 2.05) is 34.6 Å². The van der Waals surface area contributed by atoms with Gasteiger partial charge in [-0.25, -0.2) is 4.79 Å². The number of guanidine groups is 1. The second-order valence-corrected chi connectivity index (χ2v) is 6.71. The second kappa shape index (κ2) is 14.6. The van der Waals surface area contributed by atoms with Crippen molar-refractivity contribution in [1.29, 1.82) is 0 Å². The first-order valence-corrected chi connectivity index (χ1v) is 9.40. The Balaban J connectivity index is 4.20. The van der Waals surface area contributed by atoms with Crippen molar-refractivity contribution < 1.29 is 19.0 Å². The number of methoxy groups -OCH3 is 1. The van der Waals surface area contributed by atoms with E-state index >= 15 is 0 Å². The van der Waals surface area contributed by atoms with Crippen LogP contribution in [0.25, 0.3) is 0 Å². The molecule has 0 spiro atoms. The van der Waals surface area contributed by atoms with E-state index in [2.05, 4.69) is 15.6 Å². The number of nitrogens with zero attached hydrogens (tertiary/aromatic N) is 2. The van der Waals surface area contributed by atoms with Crippen molar-refractivity contribution in [1.82, 2.24) is 15.5 Å². The smallest absolute Gasteiger partial charge is 0.410 e. The first-order valence-electron chi connectivity index (χ1n) is 9.40. The van der Waals surface area contributed by atoms with Crippen LogP contribution in [0.4, 0.5) is 4.79 Å². The number of carbonyl (C=O) groups excluding carboxylic acids is 1. The molecule has 0 fully saturated rings. The Morgan fingerprint density at radius 3 is 2.42 bits per heavy atom. The van der Waals surface area contributed by atoms with Crippen LogP contribution in [0.3, 0.4) is 0 Å². The van der Waals surface area contributed by atoms with Crippen LogP contribution in [-0.2, 0) is 14.2 Å². The van der Waals surface area contributed by atoms with Crippen LogP contribution in [0.1, 0.15) is 41.0 Å². The summed E-state index contributed by atoms with van der Waals surface area (Å²) in [6, 6.07) is 0. The molecule has 0 saturated carbocycles. The summed E-state index contributed by atoms with van der Waals surface area (Å²) >= 11 is 0. The predicted molar refractivity (Wildman–Crippen MR) is 105 cm³/mol. The third kappa shape index (κ3) is 13.7. The lowest BCUT2D eigenvalue weighted by atomic mass is 10.2. The molecule has 8 nitrogen and oxygen atoms in total. The highest BCUT2D eigenvalue weighted by Gasteiger charge is 2.20. The van der Waals surface area contributed by atoms with Gasteiger partial charge in [-0.3, -0.25) is 4.99 Å².